The fraction of sp³-hybridized carbons (Fsp3) is 0.300. The largest absolute Gasteiger partial charge is 0.444 e. The van der Waals surface area contributed by atoms with Crippen molar-refractivity contribution < 1.29 is 14.6 Å². The molecule has 5 heteroatoms. The van der Waals surface area contributed by atoms with Crippen molar-refractivity contribution in [3.05, 3.63) is 35.9 Å². The van der Waals surface area contributed by atoms with Crippen molar-refractivity contribution in [2.45, 2.75) is 13.5 Å². The Balaban J connectivity index is 0.000000583. The number of aliphatic hydroxyl groups excluding tert-OH is 1. The van der Waals surface area contributed by atoms with E-state index in [4.69, 9.17) is 15.7 Å². The molecule has 0 radical (unpaired) electrons. The highest BCUT2D eigenvalue weighted by molar-refractivity contribution is 5.66. The van der Waals surface area contributed by atoms with E-state index in [0.29, 0.717) is 0 Å². The van der Waals surface area contributed by atoms with Gasteiger partial charge in [0.05, 0.1) is 0 Å². The predicted octanol–water partition coefficient (Wildman–Crippen LogP) is 0.785. The summed E-state index contributed by atoms with van der Waals surface area (Å²) >= 11 is 0. The highest BCUT2D eigenvalue weighted by Crippen LogP contribution is 1.99. The number of rotatable bonds is 2. The van der Waals surface area contributed by atoms with Crippen LogP contribution in [-0.2, 0) is 11.3 Å². The van der Waals surface area contributed by atoms with E-state index < -0.39 is 6.09 Å². The quantitative estimate of drug-likeness (QED) is 0.384. The lowest BCUT2D eigenvalue weighted by atomic mass is 10.2. The monoisotopic (exact) mass is 212 g/mol. The summed E-state index contributed by atoms with van der Waals surface area (Å²) in [7, 11) is 0. The van der Waals surface area contributed by atoms with Crippen LogP contribution in [0.5, 0.6) is 0 Å². The van der Waals surface area contributed by atoms with Crippen molar-refractivity contribution in [2.75, 3.05) is 6.61 Å². The first-order valence-electron chi connectivity index (χ1n) is 4.52. The van der Waals surface area contributed by atoms with Gasteiger partial charge in [-0.1, -0.05) is 30.3 Å². The van der Waals surface area contributed by atoms with Crippen LogP contribution < -0.4 is 11.3 Å². The van der Waals surface area contributed by atoms with Crippen LogP contribution in [0, 0.1) is 0 Å². The van der Waals surface area contributed by atoms with Gasteiger partial charge < -0.3 is 9.84 Å². The van der Waals surface area contributed by atoms with E-state index in [1.165, 1.54) is 0 Å². The van der Waals surface area contributed by atoms with Gasteiger partial charge in [0.15, 0.2) is 0 Å². The SMILES string of the molecule is CCO.NNC(=O)OCc1ccccc1. The van der Waals surface area contributed by atoms with Gasteiger partial charge in [0.25, 0.3) is 0 Å². The first-order valence-corrected chi connectivity index (χ1v) is 4.52. The predicted molar refractivity (Wildman–Crippen MR) is 56.7 cm³/mol. The highest BCUT2D eigenvalue weighted by atomic mass is 16.5. The summed E-state index contributed by atoms with van der Waals surface area (Å²) in [6.45, 7) is 2.17. The number of amides is 1. The number of ether oxygens (including phenoxy) is 1. The van der Waals surface area contributed by atoms with Crippen molar-refractivity contribution in [3.8, 4) is 0 Å². The Morgan fingerprint density at radius 2 is 2.00 bits per heavy atom. The Hall–Kier alpha value is -1.59. The smallest absolute Gasteiger partial charge is 0.421 e. The highest BCUT2D eigenvalue weighted by Gasteiger charge is 1.97. The molecule has 0 saturated heterocycles. The number of nitrogens with one attached hydrogen (secondary N) is 1. The molecule has 0 heterocycles. The zero-order valence-electron chi connectivity index (χ0n) is 8.64. The second-order valence-electron chi connectivity index (χ2n) is 2.52. The van der Waals surface area contributed by atoms with Crippen LogP contribution in [0.25, 0.3) is 0 Å². The molecule has 1 aromatic rings. The molecule has 5 nitrogen and oxygen atoms in total. The minimum atomic E-state index is -0.626. The molecular formula is C10H16N2O3. The Bertz CT molecular complexity index is 265. The van der Waals surface area contributed by atoms with Crippen molar-refractivity contribution in [1.82, 2.24) is 5.43 Å². The average molecular weight is 212 g/mol. The maximum absolute atomic E-state index is 10.5. The minimum absolute atomic E-state index is 0.240. The van der Waals surface area contributed by atoms with Crippen LogP contribution in [0.2, 0.25) is 0 Å². The third-order valence-electron chi connectivity index (χ3n) is 1.33. The first kappa shape index (κ1) is 13.4. The topological polar surface area (TPSA) is 84.6 Å². The summed E-state index contributed by atoms with van der Waals surface area (Å²) < 4.78 is 4.70. The van der Waals surface area contributed by atoms with E-state index in [-0.39, 0.29) is 13.2 Å². The molecule has 0 aromatic heterocycles. The lowest BCUT2D eigenvalue weighted by Crippen LogP contribution is -2.30. The molecule has 1 amide bonds. The normalized spacial score (nSPS) is 8.47. The lowest BCUT2D eigenvalue weighted by molar-refractivity contribution is 0.140. The summed E-state index contributed by atoms with van der Waals surface area (Å²) in [6.07, 6.45) is -0.626. The molecule has 0 fully saturated rings. The number of carbonyl (C=O) groups is 1. The van der Waals surface area contributed by atoms with E-state index in [1.54, 1.807) is 6.92 Å². The van der Waals surface area contributed by atoms with E-state index >= 15 is 0 Å². The van der Waals surface area contributed by atoms with E-state index in [9.17, 15) is 4.79 Å². The zero-order valence-corrected chi connectivity index (χ0v) is 8.64. The van der Waals surface area contributed by atoms with E-state index in [2.05, 4.69) is 0 Å². The molecule has 0 atom stereocenters. The molecule has 0 saturated carbocycles. The molecule has 4 N–H and O–H groups in total. The van der Waals surface area contributed by atoms with Crippen LogP contribution in [0.1, 0.15) is 12.5 Å². The second kappa shape index (κ2) is 8.98. The summed E-state index contributed by atoms with van der Waals surface area (Å²) in [6, 6.07) is 9.37. The fourth-order valence-electron chi connectivity index (χ4n) is 0.765. The van der Waals surface area contributed by atoms with Gasteiger partial charge in [0.2, 0.25) is 0 Å². The van der Waals surface area contributed by atoms with Crippen molar-refractivity contribution in [1.29, 1.82) is 0 Å². The summed E-state index contributed by atoms with van der Waals surface area (Å²) in [5.74, 6) is 4.81. The summed E-state index contributed by atoms with van der Waals surface area (Å²) in [5, 5.41) is 7.57. The van der Waals surface area contributed by atoms with Gasteiger partial charge >= 0.3 is 6.09 Å². The van der Waals surface area contributed by atoms with Gasteiger partial charge in [-0.2, -0.15) is 0 Å². The van der Waals surface area contributed by atoms with Gasteiger partial charge in [-0.25, -0.2) is 10.6 Å². The van der Waals surface area contributed by atoms with Crippen molar-refractivity contribution in [3.63, 3.8) is 0 Å². The number of carbonyl (C=O) groups excluding carboxylic acids is 1. The van der Waals surface area contributed by atoms with Crippen LogP contribution in [0.4, 0.5) is 4.79 Å². The van der Waals surface area contributed by atoms with Crippen LogP contribution >= 0.6 is 0 Å². The molecule has 0 spiro atoms. The second-order valence-corrected chi connectivity index (χ2v) is 2.52. The molecule has 1 aromatic carbocycles. The molecule has 0 aliphatic heterocycles. The van der Waals surface area contributed by atoms with E-state index in [0.717, 1.165) is 5.56 Å². The molecular weight excluding hydrogens is 196 g/mol. The standard InChI is InChI=1S/C8H10N2O2.C2H6O/c9-10-8(11)12-6-7-4-2-1-3-5-7;1-2-3/h1-5H,6,9H2,(H,10,11);3H,2H2,1H3. The van der Waals surface area contributed by atoms with E-state index in [1.807, 2.05) is 35.8 Å². The molecule has 84 valence electrons. The Kier molecular flexibility index (Phi) is 8.03. The third-order valence-corrected chi connectivity index (χ3v) is 1.33. The summed E-state index contributed by atoms with van der Waals surface area (Å²) in [4.78, 5) is 10.5. The molecule has 15 heavy (non-hydrogen) atoms. The van der Waals surface area contributed by atoms with Gasteiger partial charge in [-0.15, -0.1) is 0 Å². The molecule has 1 rings (SSSR count). The first-order chi connectivity index (χ1) is 7.24. The third kappa shape index (κ3) is 7.48. The van der Waals surface area contributed by atoms with Gasteiger partial charge in [-0.3, -0.25) is 5.43 Å². The van der Waals surface area contributed by atoms with Gasteiger partial charge in [0.1, 0.15) is 6.61 Å². The molecule has 0 aliphatic carbocycles. The maximum atomic E-state index is 10.5. The van der Waals surface area contributed by atoms with Crippen molar-refractivity contribution in [2.24, 2.45) is 5.84 Å². The maximum Gasteiger partial charge on any atom is 0.421 e. The Morgan fingerprint density at radius 3 is 2.47 bits per heavy atom. The number of hydrazine groups is 1. The molecule has 0 bridgehead atoms. The molecule has 0 unspecified atom stereocenters. The van der Waals surface area contributed by atoms with Crippen molar-refractivity contribution >= 4 is 6.09 Å². The van der Waals surface area contributed by atoms with Gasteiger partial charge in [-0.05, 0) is 12.5 Å². The molecule has 0 aliphatic rings. The number of hydrogen-bond donors (Lipinski definition) is 3. The van der Waals surface area contributed by atoms with Crippen LogP contribution in [-0.4, -0.2) is 17.8 Å². The number of benzene rings is 1. The zero-order chi connectivity index (χ0) is 11.5. The number of nitrogens with two attached hydrogens (primary N) is 1. The Labute approximate surface area is 88.8 Å². The number of hydrogen-bond acceptors (Lipinski definition) is 4. The Morgan fingerprint density at radius 1 is 1.47 bits per heavy atom. The van der Waals surface area contributed by atoms with Crippen LogP contribution in [0.3, 0.4) is 0 Å². The summed E-state index contributed by atoms with van der Waals surface area (Å²) in [5.41, 5.74) is 2.81. The number of aliphatic hydroxyl groups is 1. The fourth-order valence-corrected chi connectivity index (χ4v) is 0.765. The lowest BCUT2D eigenvalue weighted by Gasteiger charge is -2.02. The minimum Gasteiger partial charge on any atom is -0.444 e. The van der Waals surface area contributed by atoms with Crippen LogP contribution in [0.15, 0.2) is 30.3 Å². The van der Waals surface area contributed by atoms with Gasteiger partial charge in [0, 0.05) is 6.61 Å². The average Bonchev–Trinajstić information content (AvgIpc) is 2.28.